The van der Waals surface area contributed by atoms with Crippen molar-refractivity contribution in [1.29, 1.82) is 0 Å². The van der Waals surface area contributed by atoms with Crippen molar-refractivity contribution in [2.75, 3.05) is 24.3 Å². The fraction of sp³-hybridized carbons (Fsp3) is 0.0952. The van der Waals surface area contributed by atoms with Crippen LogP contribution in [0.15, 0.2) is 71.6 Å². The Balaban J connectivity index is 1.74. The number of rotatable bonds is 7. The van der Waals surface area contributed by atoms with Gasteiger partial charge in [0.15, 0.2) is 11.5 Å². The van der Waals surface area contributed by atoms with Crippen LogP contribution >= 0.6 is 0 Å². The number of anilines is 2. The minimum absolute atomic E-state index is 0.0742. The van der Waals surface area contributed by atoms with Gasteiger partial charge in [0.1, 0.15) is 5.82 Å². The van der Waals surface area contributed by atoms with Crippen LogP contribution in [0.3, 0.4) is 0 Å². The molecule has 0 bridgehead atoms. The maximum atomic E-state index is 13.7. The van der Waals surface area contributed by atoms with Crippen LogP contribution in [0.1, 0.15) is 10.4 Å². The van der Waals surface area contributed by atoms with Crippen LogP contribution in [0.4, 0.5) is 15.8 Å². The Morgan fingerprint density at radius 2 is 1.57 bits per heavy atom. The number of carbonyl (C=O) groups is 1. The molecule has 0 fully saturated rings. The van der Waals surface area contributed by atoms with Gasteiger partial charge in [0.05, 0.1) is 24.8 Å². The topological polar surface area (TPSA) is 93.7 Å². The summed E-state index contributed by atoms with van der Waals surface area (Å²) in [5.41, 5.74) is 0.577. The van der Waals surface area contributed by atoms with Crippen molar-refractivity contribution in [3.63, 3.8) is 0 Å². The molecule has 3 aromatic rings. The fourth-order valence-electron chi connectivity index (χ4n) is 2.65. The average molecular weight is 430 g/mol. The molecule has 0 radical (unpaired) electrons. The van der Waals surface area contributed by atoms with E-state index in [1.807, 2.05) is 0 Å². The highest BCUT2D eigenvalue weighted by Gasteiger charge is 2.17. The Morgan fingerprint density at radius 3 is 2.20 bits per heavy atom. The van der Waals surface area contributed by atoms with Gasteiger partial charge < -0.3 is 14.8 Å². The van der Waals surface area contributed by atoms with Gasteiger partial charge in [-0.3, -0.25) is 9.52 Å². The molecule has 0 saturated heterocycles. The summed E-state index contributed by atoms with van der Waals surface area (Å²) in [6, 6.07) is 15.7. The SMILES string of the molecule is COc1ccc(C(=O)Nc2ccc(S(=O)(=O)Nc3ccccc3F)cc2)cc1OC. The molecule has 0 heterocycles. The Hall–Kier alpha value is -3.59. The predicted octanol–water partition coefficient (Wildman–Crippen LogP) is 3.90. The van der Waals surface area contributed by atoms with E-state index in [2.05, 4.69) is 10.0 Å². The second kappa shape index (κ2) is 8.83. The van der Waals surface area contributed by atoms with E-state index in [9.17, 15) is 17.6 Å². The number of hydrogen-bond acceptors (Lipinski definition) is 5. The first-order chi connectivity index (χ1) is 14.3. The van der Waals surface area contributed by atoms with Gasteiger partial charge in [-0.05, 0) is 54.6 Å². The summed E-state index contributed by atoms with van der Waals surface area (Å²) < 4.78 is 51.1. The number of para-hydroxylation sites is 1. The van der Waals surface area contributed by atoms with Crippen molar-refractivity contribution in [3.05, 3.63) is 78.1 Å². The van der Waals surface area contributed by atoms with E-state index in [0.717, 1.165) is 6.07 Å². The van der Waals surface area contributed by atoms with Crippen LogP contribution in [0.2, 0.25) is 0 Å². The van der Waals surface area contributed by atoms with Crippen molar-refractivity contribution < 1.29 is 27.1 Å². The molecule has 0 unspecified atom stereocenters. The molecule has 156 valence electrons. The first-order valence-corrected chi connectivity index (χ1v) is 10.2. The zero-order valence-electron chi connectivity index (χ0n) is 16.2. The van der Waals surface area contributed by atoms with E-state index in [1.54, 1.807) is 12.1 Å². The third-order valence-electron chi connectivity index (χ3n) is 4.19. The Labute approximate surface area is 173 Å². The number of ether oxygens (including phenoxy) is 2. The smallest absolute Gasteiger partial charge is 0.261 e. The first-order valence-electron chi connectivity index (χ1n) is 8.75. The van der Waals surface area contributed by atoms with Crippen molar-refractivity contribution in [2.24, 2.45) is 0 Å². The number of benzene rings is 3. The summed E-state index contributed by atoms with van der Waals surface area (Å²) in [7, 11) is -1.02. The fourth-order valence-corrected chi connectivity index (χ4v) is 3.71. The maximum absolute atomic E-state index is 13.7. The Morgan fingerprint density at radius 1 is 0.900 bits per heavy atom. The molecule has 1 amide bonds. The van der Waals surface area contributed by atoms with E-state index in [0.29, 0.717) is 22.7 Å². The molecule has 0 spiro atoms. The number of halogens is 1. The minimum Gasteiger partial charge on any atom is -0.493 e. The standard InChI is InChI=1S/C21H19FN2O5S/c1-28-19-12-7-14(13-20(19)29-2)21(25)23-15-8-10-16(11-9-15)30(26,27)24-18-6-4-3-5-17(18)22/h3-13,24H,1-2H3,(H,23,25). The average Bonchev–Trinajstić information content (AvgIpc) is 2.75. The second-order valence-electron chi connectivity index (χ2n) is 6.13. The molecular formula is C21H19FN2O5S. The third kappa shape index (κ3) is 4.69. The normalized spacial score (nSPS) is 10.9. The lowest BCUT2D eigenvalue weighted by molar-refractivity contribution is 0.102. The van der Waals surface area contributed by atoms with Crippen molar-refractivity contribution >= 4 is 27.3 Å². The van der Waals surface area contributed by atoms with Crippen LogP contribution in [0.5, 0.6) is 11.5 Å². The van der Waals surface area contributed by atoms with Crippen molar-refractivity contribution in [2.45, 2.75) is 4.90 Å². The lowest BCUT2D eigenvalue weighted by Crippen LogP contribution is -2.15. The van der Waals surface area contributed by atoms with E-state index >= 15 is 0 Å². The van der Waals surface area contributed by atoms with Gasteiger partial charge in [-0.15, -0.1) is 0 Å². The monoisotopic (exact) mass is 430 g/mol. The predicted molar refractivity (Wildman–Crippen MR) is 111 cm³/mol. The highest BCUT2D eigenvalue weighted by molar-refractivity contribution is 7.92. The Kier molecular flexibility index (Phi) is 6.22. The Bertz CT molecular complexity index is 1160. The van der Waals surface area contributed by atoms with Gasteiger partial charge in [0, 0.05) is 11.3 Å². The molecule has 0 aliphatic heterocycles. The summed E-state index contributed by atoms with van der Waals surface area (Å²) in [5, 5.41) is 2.67. The van der Waals surface area contributed by atoms with Gasteiger partial charge in [0.25, 0.3) is 15.9 Å². The molecule has 0 aromatic heterocycles. The van der Waals surface area contributed by atoms with Gasteiger partial charge in [-0.2, -0.15) is 0 Å². The van der Waals surface area contributed by atoms with Crippen LogP contribution in [-0.2, 0) is 10.0 Å². The highest BCUT2D eigenvalue weighted by Crippen LogP contribution is 2.28. The number of sulfonamides is 1. The zero-order valence-corrected chi connectivity index (χ0v) is 17.0. The summed E-state index contributed by atoms with van der Waals surface area (Å²) in [4.78, 5) is 12.4. The summed E-state index contributed by atoms with van der Waals surface area (Å²) in [6.45, 7) is 0. The van der Waals surface area contributed by atoms with Gasteiger partial charge >= 0.3 is 0 Å². The van der Waals surface area contributed by atoms with Crippen LogP contribution in [0.25, 0.3) is 0 Å². The molecule has 9 heteroatoms. The molecule has 0 atom stereocenters. The number of carbonyl (C=O) groups excluding carboxylic acids is 1. The molecule has 30 heavy (non-hydrogen) atoms. The summed E-state index contributed by atoms with van der Waals surface area (Å²) in [6.07, 6.45) is 0. The molecule has 7 nitrogen and oxygen atoms in total. The quantitative estimate of drug-likeness (QED) is 0.593. The van der Waals surface area contributed by atoms with Crippen molar-refractivity contribution in [3.8, 4) is 11.5 Å². The largest absolute Gasteiger partial charge is 0.493 e. The molecule has 0 saturated carbocycles. The lowest BCUT2D eigenvalue weighted by Gasteiger charge is -2.11. The second-order valence-corrected chi connectivity index (χ2v) is 7.82. The van der Waals surface area contributed by atoms with E-state index in [-0.39, 0.29) is 10.6 Å². The number of methoxy groups -OCH3 is 2. The van der Waals surface area contributed by atoms with E-state index in [1.165, 1.54) is 62.8 Å². The lowest BCUT2D eigenvalue weighted by atomic mass is 10.2. The molecular weight excluding hydrogens is 411 g/mol. The molecule has 0 aliphatic rings. The summed E-state index contributed by atoms with van der Waals surface area (Å²) >= 11 is 0. The maximum Gasteiger partial charge on any atom is 0.261 e. The zero-order chi connectivity index (χ0) is 21.7. The van der Waals surface area contributed by atoms with Crippen molar-refractivity contribution in [1.82, 2.24) is 0 Å². The van der Waals surface area contributed by atoms with Crippen LogP contribution in [0, 0.1) is 5.82 Å². The summed E-state index contributed by atoms with van der Waals surface area (Å²) in [5.74, 6) is -0.187. The number of hydrogen-bond donors (Lipinski definition) is 2. The first kappa shape index (κ1) is 21.1. The minimum atomic E-state index is -3.98. The van der Waals surface area contributed by atoms with Crippen LogP contribution < -0.4 is 19.5 Å². The van der Waals surface area contributed by atoms with Gasteiger partial charge in [0.2, 0.25) is 0 Å². The molecule has 2 N–H and O–H groups in total. The number of nitrogens with one attached hydrogen (secondary N) is 2. The molecule has 3 rings (SSSR count). The highest BCUT2D eigenvalue weighted by atomic mass is 32.2. The molecule has 0 aliphatic carbocycles. The van der Waals surface area contributed by atoms with E-state index in [4.69, 9.17) is 9.47 Å². The third-order valence-corrected chi connectivity index (χ3v) is 5.57. The number of amides is 1. The van der Waals surface area contributed by atoms with E-state index < -0.39 is 21.7 Å². The van der Waals surface area contributed by atoms with Crippen LogP contribution in [-0.4, -0.2) is 28.5 Å². The molecule has 3 aromatic carbocycles. The van der Waals surface area contributed by atoms with Gasteiger partial charge in [-0.1, -0.05) is 12.1 Å². The van der Waals surface area contributed by atoms with Gasteiger partial charge in [-0.25, -0.2) is 12.8 Å².